The molecule has 11 heteroatoms. The van der Waals surface area contributed by atoms with E-state index in [1.54, 1.807) is 0 Å². The number of nitrogens with zero attached hydrogens (tertiary/aromatic N) is 1. The predicted octanol–water partition coefficient (Wildman–Crippen LogP) is -3.37. The average molecular weight is 306 g/mol. The molecule has 0 unspecified atom stereocenters. The van der Waals surface area contributed by atoms with E-state index in [0.29, 0.717) is 0 Å². The molecule has 0 bridgehead atoms. The number of pyridine rings is 1. The van der Waals surface area contributed by atoms with Crippen molar-refractivity contribution < 1.29 is 63.4 Å². The molecule has 1 aromatic heterocycles. The Balaban J connectivity index is 0.00000289. The smallest absolute Gasteiger partial charge is 0.367 e. The van der Waals surface area contributed by atoms with Crippen molar-refractivity contribution >= 4 is 15.2 Å². The topological polar surface area (TPSA) is 148 Å². The van der Waals surface area contributed by atoms with Crippen molar-refractivity contribution in [3.63, 3.8) is 0 Å². The van der Waals surface area contributed by atoms with Gasteiger partial charge in [0.25, 0.3) is 5.08 Å². The Bertz CT molecular complexity index is 462. The molecule has 1 rings (SSSR count). The molecule has 18 heavy (non-hydrogen) atoms. The molecule has 0 aliphatic rings. The molecule has 96 valence electrons. The van der Waals surface area contributed by atoms with E-state index < -0.39 is 26.7 Å². The Morgan fingerprint density at radius 2 is 1.61 bits per heavy atom. The number of aliphatic hydroxyl groups is 1. The van der Waals surface area contributed by atoms with Crippen molar-refractivity contribution in [2.75, 3.05) is 0 Å². The number of hydrogen-bond acceptors (Lipinski definition) is 4. The summed E-state index contributed by atoms with van der Waals surface area (Å²) in [5, 5.41) is 6.12. The van der Waals surface area contributed by atoms with Gasteiger partial charge in [0.1, 0.15) is 0 Å². The van der Waals surface area contributed by atoms with Crippen LogP contribution in [0.2, 0.25) is 0 Å². The fourth-order valence-electron chi connectivity index (χ4n) is 1.12. The number of hydrogen-bond donors (Lipinski definition) is 5. The molecule has 0 aliphatic heterocycles. The van der Waals surface area contributed by atoms with Gasteiger partial charge in [-0.1, -0.05) is 6.07 Å². The summed E-state index contributed by atoms with van der Waals surface area (Å²) in [5.74, 6) is 0. The van der Waals surface area contributed by atoms with Gasteiger partial charge in [-0.05, 0) is 12.1 Å². The zero-order chi connectivity index (χ0) is 13.3. The monoisotopic (exact) mass is 306 g/mol. The molecule has 0 amide bonds. The van der Waals surface area contributed by atoms with Crippen molar-refractivity contribution in [3.8, 4) is 0 Å². The molecule has 0 saturated carbocycles. The van der Waals surface area contributed by atoms with Gasteiger partial charge in [-0.2, -0.15) is 0 Å². The van der Waals surface area contributed by atoms with Gasteiger partial charge in [0.15, 0.2) is 0 Å². The predicted molar refractivity (Wildman–Crippen MR) is 57.0 cm³/mol. The second kappa shape index (κ2) is 6.24. The first-order valence-electron chi connectivity index (χ1n) is 4.31. The van der Waals surface area contributed by atoms with E-state index in [2.05, 4.69) is 4.98 Å². The standard InChI is InChI=1S/C7H11NO7P2.Na/c9-7(16(10,11)12,17(13,14)15)5-6-3-1-2-4-8-6;/h1-4,9H,5H2,(H2,10,11,12)(H2,13,14,15);/q;+1. The summed E-state index contributed by atoms with van der Waals surface area (Å²) in [6, 6.07) is 4.26. The van der Waals surface area contributed by atoms with Crippen LogP contribution in [0, 0.1) is 0 Å². The number of aromatic nitrogens is 1. The van der Waals surface area contributed by atoms with Crippen molar-refractivity contribution in [2.45, 2.75) is 11.5 Å². The Hall–Kier alpha value is 0.410. The van der Waals surface area contributed by atoms with E-state index in [4.69, 9.17) is 19.6 Å². The minimum Gasteiger partial charge on any atom is -0.367 e. The van der Waals surface area contributed by atoms with Crippen LogP contribution in [0.5, 0.6) is 0 Å². The van der Waals surface area contributed by atoms with Gasteiger partial charge in [-0.15, -0.1) is 0 Å². The quantitative estimate of drug-likeness (QED) is 0.286. The molecule has 0 radical (unpaired) electrons. The fraction of sp³-hybridized carbons (Fsp3) is 0.286. The summed E-state index contributed by atoms with van der Waals surface area (Å²) >= 11 is 0. The minimum absolute atomic E-state index is 0. The van der Waals surface area contributed by atoms with Crippen LogP contribution in [0.4, 0.5) is 0 Å². The summed E-state index contributed by atoms with van der Waals surface area (Å²) in [4.78, 5) is 39.1. The average Bonchev–Trinajstić information content (AvgIpc) is 2.15. The van der Waals surface area contributed by atoms with Crippen molar-refractivity contribution in [1.82, 2.24) is 4.98 Å². The Morgan fingerprint density at radius 3 is 1.94 bits per heavy atom. The second-order valence-corrected chi connectivity index (χ2v) is 7.37. The molecule has 0 saturated heterocycles. The first-order valence-corrected chi connectivity index (χ1v) is 7.54. The van der Waals surface area contributed by atoms with E-state index in [1.807, 2.05) is 0 Å². The minimum atomic E-state index is -5.42. The van der Waals surface area contributed by atoms with Crippen LogP contribution in [0.1, 0.15) is 5.69 Å². The van der Waals surface area contributed by atoms with Gasteiger partial charge in [-0.25, -0.2) is 0 Å². The summed E-state index contributed by atoms with van der Waals surface area (Å²) in [5.41, 5.74) is -0.0401. The molecule has 0 aromatic carbocycles. The first kappa shape index (κ1) is 18.4. The molecule has 1 aromatic rings. The van der Waals surface area contributed by atoms with E-state index in [1.165, 1.54) is 24.4 Å². The van der Waals surface area contributed by atoms with Gasteiger partial charge in [-0.3, -0.25) is 14.1 Å². The zero-order valence-corrected chi connectivity index (χ0v) is 13.2. The van der Waals surface area contributed by atoms with Gasteiger partial charge in [0, 0.05) is 18.3 Å². The fourth-order valence-corrected chi connectivity index (χ4v) is 3.21. The molecule has 8 nitrogen and oxygen atoms in total. The first-order chi connectivity index (χ1) is 7.58. The summed E-state index contributed by atoms with van der Waals surface area (Å²) in [6.07, 6.45) is 0.331. The van der Waals surface area contributed by atoms with Crippen LogP contribution >= 0.6 is 15.2 Å². The van der Waals surface area contributed by atoms with Crippen LogP contribution < -0.4 is 29.6 Å². The van der Waals surface area contributed by atoms with Crippen LogP contribution in [0.15, 0.2) is 24.4 Å². The molecule has 0 fully saturated rings. The van der Waals surface area contributed by atoms with E-state index >= 15 is 0 Å². The van der Waals surface area contributed by atoms with E-state index in [-0.39, 0.29) is 35.3 Å². The SMILES string of the molecule is O=P(O)(O)C(O)(Cc1ccccn1)P(=O)(O)O.[Na+]. The largest absolute Gasteiger partial charge is 1.00 e. The molecule has 5 N–H and O–H groups in total. The zero-order valence-electron chi connectivity index (χ0n) is 9.41. The van der Waals surface area contributed by atoms with Crippen molar-refractivity contribution in [2.24, 2.45) is 0 Å². The third-order valence-corrected chi connectivity index (χ3v) is 5.82. The molecule has 0 aliphatic carbocycles. The van der Waals surface area contributed by atoms with Crippen LogP contribution in [0.3, 0.4) is 0 Å². The molecular formula is C7H11NNaO7P2+. The maximum atomic E-state index is 11.0. The number of rotatable bonds is 4. The third-order valence-electron chi connectivity index (χ3n) is 2.08. The van der Waals surface area contributed by atoms with Crippen LogP contribution in [-0.2, 0) is 15.6 Å². The van der Waals surface area contributed by atoms with Gasteiger partial charge < -0.3 is 24.7 Å². The van der Waals surface area contributed by atoms with E-state index in [9.17, 15) is 14.2 Å². The Labute approximate surface area is 125 Å². The van der Waals surface area contributed by atoms with Crippen LogP contribution in [-0.4, -0.2) is 34.7 Å². The molecule has 1 heterocycles. The summed E-state index contributed by atoms with van der Waals surface area (Å²) in [6.45, 7) is 0. The van der Waals surface area contributed by atoms with Crippen LogP contribution in [0.25, 0.3) is 0 Å². The Kier molecular flexibility index (Phi) is 6.38. The Morgan fingerprint density at radius 1 is 1.11 bits per heavy atom. The third kappa shape index (κ3) is 3.95. The maximum Gasteiger partial charge on any atom is 1.00 e. The van der Waals surface area contributed by atoms with E-state index in [0.717, 1.165) is 0 Å². The summed E-state index contributed by atoms with van der Waals surface area (Å²) < 4.78 is 22.1. The molecule has 0 atom stereocenters. The van der Waals surface area contributed by atoms with Gasteiger partial charge in [0.2, 0.25) is 0 Å². The van der Waals surface area contributed by atoms with Gasteiger partial charge >= 0.3 is 44.7 Å². The maximum absolute atomic E-state index is 11.0. The normalized spacial score (nSPS) is 12.9. The molecular weight excluding hydrogens is 295 g/mol. The van der Waals surface area contributed by atoms with Crippen molar-refractivity contribution in [1.29, 1.82) is 0 Å². The van der Waals surface area contributed by atoms with Crippen molar-refractivity contribution in [3.05, 3.63) is 30.1 Å². The molecule has 0 spiro atoms. The van der Waals surface area contributed by atoms with Gasteiger partial charge in [0.05, 0.1) is 0 Å². The summed E-state index contributed by atoms with van der Waals surface area (Å²) in [7, 11) is -10.8. The second-order valence-electron chi connectivity index (χ2n) is 3.36.